The van der Waals surface area contributed by atoms with Gasteiger partial charge in [-0.15, -0.1) is 0 Å². The summed E-state index contributed by atoms with van der Waals surface area (Å²) in [7, 11) is 0. The second kappa shape index (κ2) is 6.82. The molecule has 1 atom stereocenters. The fourth-order valence-electron chi connectivity index (χ4n) is 3.40. The summed E-state index contributed by atoms with van der Waals surface area (Å²) >= 11 is 0. The van der Waals surface area contributed by atoms with Crippen LogP contribution in [0.4, 0.5) is 5.69 Å². The quantitative estimate of drug-likeness (QED) is 0.878. The summed E-state index contributed by atoms with van der Waals surface area (Å²) in [5.41, 5.74) is 1.97. The smallest absolute Gasteiger partial charge is 0.265 e. The number of nitrogens with zero attached hydrogens (tertiary/aromatic N) is 2. The molecule has 1 aromatic carbocycles. The van der Waals surface area contributed by atoms with Crippen molar-refractivity contribution in [1.82, 2.24) is 14.9 Å². The first-order valence-corrected chi connectivity index (χ1v) is 9.05. The minimum absolute atomic E-state index is 0.209. The number of hydrogen-bond donors (Lipinski definition) is 2. The van der Waals surface area contributed by atoms with E-state index in [4.69, 9.17) is 4.74 Å². The number of aromatic nitrogens is 2. The van der Waals surface area contributed by atoms with Crippen LogP contribution in [0.2, 0.25) is 0 Å². The van der Waals surface area contributed by atoms with Gasteiger partial charge in [0.25, 0.3) is 11.8 Å². The zero-order chi connectivity index (χ0) is 18.1. The maximum atomic E-state index is 12.6. The second-order valence-corrected chi connectivity index (χ2v) is 6.74. The number of aryl methyl sites for hydroxylation is 2. The molecule has 7 heteroatoms. The first-order valence-electron chi connectivity index (χ1n) is 9.05. The van der Waals surface area contributed by atoms with Crippen molar-refractivity contribution in [2.45, 2.75) is 45.3 Å². The van der Waals surface area contributed by atoms with Crippen molar-refractivity contribution in [3.05, 3.63) is 41.5 Å². The molecule has 3 heterocycles. The Labute approximate surface area is 151 Å². The number of imidazole rings is 1. The van der Waals surface area contributed by atoms with Crippen LogP contribution in [0.1, 0.15) is 41.6 Å². The molecule has 136 valence electrons. The van der Waals surface area contributed by atoms with E-state index in [1.807, 2.05) is 0 Å². The number of nitrogens with one attached hydrogen (secondary N) is 2. The summed E-state index contributed by atoms with van der Waals surface area (Å²) in [6.45, 7) is 3.19. The van der Waals surface area contributed by atoms with Crippen molar-refractivity contribution in [2.24, 2.45) is 0 Å². The Bertz CT molecular complexity index is 835. The highest BCUT2D eigenvalue weighted by Crippen LogP contribution is 2.33. The van der Waals surface area contributed by atoms with E-state index in [9.17, 15) is 9.59 Å². The Morgan fingerprint density at radius 2 is 2.31 bits per heavy atom. The number of fused-ring (bicyclic) bond motifs is 2. The van der Waals surface area contributed by atoms with Crippen molar-refractivity contribution in [1.29, 1.82) is 0 Å². The van der Waals surface area contributed by atoms with E-state index in [0.29, 0.717) is 30.0 Å². The van der Waals surface area contributed by atoms with E-state index in [-0.39, 0.29) is 11.8 Å². The predicted octanol–water partition coefficient (Wildman–Crippen LogP) is 1.91. The molecule has 0 saturated heterocycles. The Kier molecular flexibility index (Phi) is 4.36. The Balaban J connectivity index is 1.40. The standard InChI is InChI=1S/C19H22N4O3/c1-12-18(24)22-15-6-4-5-14(17(15)26-12)19(25)20-9-8-13-11-23-10-3-2-7-16(23)21-13/h4-6,11-12H,2-3,7-10H2,1H3,(H,20,25)(H,22,24)/t12-/m0/s1. The van der Waals surface area contributed by atoms with Gasteiger partial charge in [-0.25, -0.2) is 4.98 Å². The maximum Gasteiger partial charge on any atom is 0.265 e. The normalized spacial score (nSPS) is 18.3. The van der Waals surface area contributed by atoms with Crippen LogP contribution in [-0.4, -0.2) is 34.0 Å². The molecule has 2 aromatic rings. The topological polar surface area (TPSA) is 85.2 Å². The number of benzene rings is 1. The molecule has 2 N–H and O–H groups in total. The van der Waals surface area contributed by atoms with Gasteiger partial charge in [-0.2, -0.15) is 0 Å². The van der Waals surface area contributed by atoms with Gasteiger partial charge >= 0.3 is 0 Å². The first-order chi connectivity index (χ1) is 12.6. The highest BCUT2D eigenvalue weighted by Gasteiger charge is 2.27. The molecule has 2 aliphatic heterocycles. The summed E-state index contributed by atoms with van der Waals surface area (Å²) in [4.78, 5) is 28.9. The summed E-state index contributed by atoms with van der Waals surface area (Å²) in [5.74, 6) is 1.15. The van der Waals surface area contributed by atoms with Gasteiger partial charge in [-0.1, -0.05) is 6.07 Å². The molecule has 0 unspecified atom stereocenters. The molecule has 7 nitrogen and oxygen atoms in total. The van der Waals surface area contributed by atoms with Crippen LogP contribution in [0.5, 0.6) is 5.75 Å². The molecule has 4 rings (SSSR count). The second-order valence-electron chi connectivity index (χ2n) is 6.74. The van der Waals surface area contributed by atoms with Crippen LogP contribution in [0.25, 0.3) is 0 Å². The Hall–Kier alpha value is -2.83. The first kappa shape index (κ1) is 16.6. The highest BCUT2D eigenvalue weighted by atomic mass is 16.5. The van der Waals surface area contributed by atoms with Crippen molar-refractivity contribution >= 4 is 17.5 Å². The zero-order valence-electron chi connectivity index (χ0n) is 14.7. The van der Waals surface area contributed by atoms with E-state index in [1.54, 1.807) is 25.1 Å². The molecule has 2 aliphatic rings. The minimum Gasteiger partial charge on any atom is -0.478 e. The molecule has 0 spiro atoms. The van der Waals surface area contributed by atoms with E-state index < -0.39 is 6.10 Å². The van der Waals surface area contributed by atoms with Crippen LogP contribution >= 0.6 is 0 Å². The van der Waals surface area contributed by atoms with Gasteiger partial charge in [0.2, 0.25) is 0 Å². The van der Waals surface area contributed by atoms with E-state index in [1.165, 1.54) is 12.8 Å². The van der Waals surface area contributed by atoms with Crippen molar-refractivity contribution in [3.8, 4) is 5.75 Å². The third-order valence-electron chi connectivity index (χ3n) is 4.81. The molecule has 2 amide bonds. The number of rotatable bonds is 4. The molecule has 0 fully saturated rings. The third kappa shape index (κ3) is 3.16. The van der Waals surface area contributed by atoms with Crippen molar-refractivity contribution < 1.29 is 14.3 Å². The van der Waals surface area contributed by atoms with Gasteiger partial charge in [0.05, 0.1) is 16.9 Å². The van der Waals surface area contributed by atoms with Crippen molar-refractivity contribution in [3.63, 3.8) is 0 Å². The number of amides is 2. The lowest BCUT2D eigenvalue weighted by Gasteiger charge is -2.25. The van der Waals surface area contributed by atoms with E-state index >= 15 is 0 Å². The number of carbonyl (C=O) groups excluding carboxylic acids is 2. The van der Waals surface area contributed by atoms with Gasteiger partial charge < -0.3 is 19.9 Å². The monoisotopic (exact) mass is 354 g/mol. The molecule has 1 aromatic heterocycles. The van der Waals surface area contributed by atoms with Crippen LogP contribution in [0, 0.1) is 0 Å². The molecular weight excluding hydrogens is 332 g/mol. The minimum atomic E-state index is -0.617. The molecule has 0 bridgehead atoms. The number of para-hydroxylation sites is 1. The van der Waals surface area contributed by atoms with E-state index in [2.05, 4.69) is 26.4 Å². The SMILES string of the molecule is C[C@@H]1Oc2c(cccc2C(=O)NCCc2cn3c(n2)CCCC3)NC1=O. The molecule has 0 aliphatic carbocycles. The largest absolute Gasteiger partial charge is 0.478 e. The molecule has 26 heavy (non-hydrogen) atoms. The molecular formula is C19H22N4O3. The lowest BCUT2D eigenvalue weighted by Crippen LogP contribution is -2.36. The van der Waals surface area contributed by atoms with Crippen LogP contribution in [-0.2, 0) is 24.2 Å². The lowest BCUT2D eigenvalue weighted by atomic mass is 10.1. The Morgan fingerprint density at radius 1 is 1.42 bits per heavy atom. The van der Waals surface area contributed by atoms with E-state index in [0.717, 1.165) is 24.5 Å². The number of hydrogen-bond acceptors (Lipinski definition) is 4. The average Bonchev–Trinajstić information content (AvgIpc) is 3.05. The number of anilines is 1. The lowest BCUT2D eigenvalue weighted by molar-refractivity contribution is -0.122. The van der Waals surface area contributed by atoms with Gasteiger partial charge in [-0.05, 0) is 31.9 Å². The fraction of sp³-hybridized carbons (Fsp3) is 0.421. The van der Waals surface area contributed by atoms with Crippen LogP contribution in [0.15, 0.2) is 24.4 Å². The van der Waals surface area contributed by atoms with Gasteiger partial charge in [0.1, 0.15) is 5.82 Å². The number of ether oxygens (including phenoxy) is 1. The zero-order valence-corrected chi connectivity index (χ0v) is 14.7. The highest BCUT2D eigenvalue weighted by molar-refractivity contribution is 6.03. The fourth-order valence-corrected chi connectivity index (χ4v) is 3.40. The van der Waals surface area contributed by atoms with Gasteiger partial charge in [0.15, 0.2) is 11.9 Å². The van der Waals surface area contributed by atoms with Crippen LogP contribution < -0.4 is 15.4 Å². The summed E-state index contributed by atoms with van der Waals surface area (Å²) < 4.78 is 7.84. The average molecular weight is 354 g/mol. The Morgan fingerprint density at radius 3 is 3.15 bits per heavy atom. The summed E-state index contributed by atoms with van der Waals surface area (Å²) in [6.07, 6.45) is 5.59. The van der Waals surface area contributed by atoms with Gasteiger partial charge in [0, 0.05) is 32.1 Å². The molecule has 0 saturated carbocycles. The predicted molar refractivity (Wildman–Crippen MR) is 96.4 cm³/mol. The van der Waals surface area contributed by atoms with Crippen molar-refractivity contribution in [2.75, 3.05) is 11.9 Å². The molecule has 0 radical (unpaired) electrons. The third-order valence-corrected chi connectivity index (χ3v) is 4.81. The maximum absolute atomic E-state index is 12.6. The summed E-state index contributed by atoms with van der Waals surface area (Å²) in [6, 6.07) is 5.16. The van der Waals surface area contributed by atoms with Crippen LogP contribution in [0.3, 0.4) is 0 Å². The van der Waals surface area contributed by atoms with Gasteiger partial charge in [-0.3, -0.25) is 9.59 Å². The summed E-state index contributed by atoms with van der Waals surface area (Å²) in [5, 5.41) is 5.68. The number of carbonyl (C=O) groups is 2.